The van der Waals surface area contributed by atoms with Crippen LogP contribution in [-0.4, -0.2) is 9.97 Å². The lowest BCUT2D eigenvalue weighted by Crippen LogP contribution is -2.09. The molecule has 1 unspecified atom stereocenters. The smallest absolute Gasteiger partial charge is 0.259 e. The van der Waals surface area contributed by atoms with E-state index in [1.165, 1.54) is 12.3 Å². The van der Waals surface area contributed by atoms with Gasteiger partial charge in [0.05, 0.1) is 28.0 Å². The maximum atomic E-state index is 12.7. The standard InChI is InChI=1S/C13H7ClF3N3/c14-10-2-1-4-20-12(10)9(7-18)11-6-8(3-5-19-11)13(15,16)17/h1-6,9H. The predicted molar refractivity (Wildman–Crippen MR) is 65.9 cm³/mol. The third kappa shape index (κ3) is 2.89. The van der Waals surface area contributed by atoms with E-state index in [1.54, 1.807) is 6.07 Å². The number of hydrogen-bond donors (Lipinski definition) is 0. The molecule has 0 bridgehead atoms. The largest absolute Gasteiger partial charge is 0.416 e. The van der Waals surface area contributed by atoms with Crippen LogP contribution in [0.3, 0.4) is 0 Å². The van der Waals surface area contributed by atoms with E-state index < -0.39 is 17.7 Å². The van der Waals surface area contributed by atoms with Crippen molar-refractivity contribution in [3.63, 3.8) is 0 Å². The Morgan fingerprint density at radius 2 is 1.95 bits per heavy atom. The number of pyridine rings is 2. The molecule has 0 radical (unpaired) electrons. The van der Waals surface area contributed by atoms with Gasteiger partial charge in [0.15, 0.2) is 0 Å². The third-order valence-corrected chi connectivity index (χ3v) is 2.91. The fourth-order valence-electron chi connectivity index (χ4n) is 1.66. The molecule has 20 heavy (non-hydrogen) atoms. The minimum absolute atomic E-state index is 0.0390. The van der Waals surface area contributed by atoms with Crippen molar-refractivity contribution in [1.82, 2.24) is 9.97 Å². The summed E-state index contributed by atoms with van der Waals surface area (Å²) in [4.78, 5) is 7.76. The van der Waals surface area contributed by atoms with Gasteiger partial charge in [0.2, 0.25) is 0 Å². The van der Waals surface area contributed by atoms with Crippen LogP contribution >= 0.6 is 11.6 Å². The van der Waals surface area contributed by atoms with E-state index in [9.17, 15) is 18.4 Å². The van der Waals surface area contributed by atoms with Crippen molar-refractivity contribution in [3.05, 3.63) is 58.6 Å². The van der Waals surface area contributed by atoms with Gasteiger partial charge in [0.1, 0.15) is 5.92 Å². The molecule has 2 aromatic rings. The Morgan fingerprint density at radius 1 is 1.20 bits per heavy atom. The first kappa shape index (κ1) is 14.3. The van der Waals surface area contributed by atoms with Crippen molar-refractivity contribution in [2.45, 2.75) is 12.1 Å². The monoisotopic (exact) mass is 297 g/mol. The Hall–Kier alpha value is -2.13. The number of alkyl halides is 3. The summed E-state index contributed by atoms with van der Waals surface area (Å²) < 4.78 is 38.0. The Balaban J connectivity index is 2.49. The molecular formula is C13H7ClF3N3. The molecule has 1 atom stereocenters. The molecule has 0 spiro atoms. The SMILES string of the molecule is N#CC(c1cc(C(F)(F)F)ccn1)c1ncccc1Cl. The molecule has 102 valence electrons. The quantitative estimate of drug-likeness (QED) is 0.847. The van der Waals surface area contributed by atoms with Crippen molar-refractivity contribution in [1.29, 1.82) is 5.26 Å². The maximum Gasteiger partial charge on any atom is 0.416 e. The van der Waals surface area contributed by atoms with Crippen LogP contribution in [0, 0.1) is 11.3 Å². The highest BCUT2D eigenvalue weighted by molar-refractivity contribution is 6.31. The van der Waals surface area contributed by atoms with Gasteiger partial charge in [-0.3, -0.25) is 9.97 Å². The maximum absolute atomic E-state index is 12.7. The van der Waals surface area contributed by atoms with Crippen LogP contribution in [0.1, 0.15) is 22.9 Å². The normalized spacial score (nSPS) is 12.8. The summed E-state index contributed by atoms with van der Waals surface area (Å²) in [6.07, 6.45) is -2.07. The fraction of sp³-hybridized carbons (Fsp3) is 0.154. The minimum Gasteiger partial charge on any atom is -0.259 e. The van der Waals surface area contributed by atoms with E-state index in [1.807, 2.05) is 6.07 Å². The van der Waals surface area contributed by atoms with Crippen LogP contribution in [0.15, 0.2) is 36.7 Å². The van der Waals surface area contributed by atoms with Crippen LogP contribution in [0.2, 0.25) is 5.02 Å². The molecule has 0 amide bonds. The molecule has 0 aliphatic heterocycles. The second-order valence-corrected chi connectivity index (χ2v) is 4.31. The van der Waals surface area contributed by atoms with Crippen LogP contribution in [0.4, 0.5) is 13.2 Å². The number of halogens is 4. The van der Waals surface area contributed by atoms with E-state index >= 15 is 0 Å². The van der Waals surface area contributed by atoms with Crippen LogP contribution in [0.25, 0.3) is 0 Å². The first-order valence-electron chi connectivity index (χ1n) is 5.46. The third-order valence-electron chi connectivity index (χ3n) is 2.59. The highest BCUT2D eigenvalue weighted by atomic mass is 35.5. The van der Waals surface area contributed by atoms with Crippen LogP contribution in [-0.2, 0) is 6.18 Å². The van der Waals surface area contributed by atoms with E-state index in [0.29, 0.717) is 0 Å². The molecular weight excluding hydrogens is 291 g/mol. The second kappa shape index (κ2) is 5.47. The van der Waals surface area contributed by atoms with Crippen molar-refractivity contribution in [2.75, 3.05) is 0 Å². The number of nitriles is 1. The Morgan fingerprint density at radius 3 is 2.55 bits per heavy atom. The molecule has 0 fully saturated rings. The summed E-state index contributed by atoms with van der Waals surface area (Å²) in [6.45, 7) is 0. The van der Waals surface area contributed by atoms with Crippen molar-refractivity contribution < 1.29 is 13.2 Å². The highest BCUT2D eigenvalue weighted by Gasteiger charge is 2.32. The zero-order valence-electron chi connectivity index (χ0n) is 9.89. The summed E-state index contributed by atoms with van der Waals surface area (Å²) >= 11 is 5.91. The molecule has 2 rings (SSSR count). The molecule has 3 nitrogen and oxygen atoms in total. The Bertz CT molecular complexity index is 664. The summed E-state index contributed by atoms with van der Waals surface area (Å²) in [5.41, 5.74) is -0.721. The Labute approximate surface area is 117 Å². The number of hydrogen-bond acceptors (Lipinski definition) is 3. The van der Waals surface area contributed by atoms with Crippen LogP contribution < -0.4 is 0 Å². The molecule has 0 aromatic carbocycles. The zero-order chi connectivity index (χ0) is 14.8. The average molecular weight is 298 g/mol. The van der Waals surface area contributed by atoms with Crippen LogP contribution in [0.5, 0.6) is 0 Å². The highest BCUT2D eigenvalue weighted by Crippen LogP contribution is 2.32. The molecule has 7 heteroatoms. The predicted octanol–water partition coefficient (Wildman–Crippen LogP) is 3.80. The van der Waals surface area contributed by atoms with Gasteiger partial charge < -0.3 is 0 Å². The minimum atomic E-state index is -4.49. The van der Waals surface area contributed by atoms with Gasteiger partial charge in [-0.15, -0.1) is 0 Å². The van der Waals surface area contributed by atoms with Gasteiger partial charge in [-0.05, 0) is 24.3 Å². The fourth-order valence-corrected chi connectivity index (χ4v) is 1.89. The van der Waals surface area contributed by atoms with Crippen molar-refractivity contribution >= 4 is 11.6 Å². The second-order valence-electron chi connectivity index (χ2n) is 3.90. The Kier molecular flexibility index (Phi) is 3.91. The van der Waals surface area contributed by atoms with E-state index in [0.717, 1.165) is 18.3 Å². The topological polar surface area (TPSA) is 49.6 Å². The molecule has 0 saturated heterocycles. The van der Waals surface area contributed by atoms with Gasteiger partial charge in [0, 0.05) is 12.4 Å². The summed E-state index contributed by atoms with van der Waals surface area (Å²) in [5.74, 6) is -1.05. The first-order chi connectivity index (χ1) is 9.43. The van der Waals surface area contributed by atoms with Crippen molar-refractivity contribution in [3.8, 4) is 6.07 Å². The molecule has 0 aliphatic rings. The lowest BCUT2D eigenvalue weighted by molar-refractivity contribution is -0.137. The van der Waals surface area contributed by atoms with Gasteiger partial charge >= 0.3 is 6.18 Å². The van der Waals surface area contributed by atoms with E-state index in [2.05, 4.69) is 9.97 Å². The summed E-state index contributed by atoms with van der Waals surface area (Å²) in [5, 5.41) is 9.39. The first-order valence-corrected chi connectivity index (χ1v) is 5.84. The van der Waals surface area contributed by atoms with E-state index in [4.69, 9.17) is 11.6 Å². The summed E-state index contributed by atoms with van der Waals surface area (Å²) in [7, 11) is 0. The molecule has 0 N–H and O–H groups in total. The lowest BCUT2D eigenvalue weighted by Gasteiger charge is -2.12. The van der Waals surface area contributed by atoms with Gasteiger partial charge in [-0.25, -0.2) is 0 Å². The molecule has 0 aliphatic carbocycles. The molecule has 0 saturated carbocycles. The summed E-state index contributed by atoms with van der Waals surface area (Å²) in [6, 6.07) is 6.64. The number of aromatic nitrogens is 2. The number of nitrogens with zero attached hydrogens (tertiary/aromatic N) is 3. The number of rotatable bonds is 2. The van der Waals surface area contributed by atoms with Crippen molar-refractivity contribution in [2.24, 2.45) is 0 Å². The van der Waals surface area contributed by atoms with Gasteiger partial charge in [0.25, 0.3) is 0 Å². The molecule has 2 heterocycles. The van der Waals surface area contributed by atoms with E-state index in [-0.39, 0.29) is 16.4 Å². The van der Waals surface area contributed by atoms with Gasteiger partial charge in [-0.2, -0.15) is 18.4 Å². The zero-order valence-corrected chi connectivity index (χ0v) is 10.7. The lowest BCUT2D eigenvalue weighted by atomic mass is 10.00. The average Bonchev–Trinajstić information content (AvgIpc) is 2.41. The molecule has 2 aromatic heterocycles. The van der Waals surface area contributed by atoms with Gasteiger partial charge in [-0.1, -0.05) is 11.6 Å².